The van der Waals surface area contributed by atoms with Crippen molar-refractivity contribution in [2.75, 3.05) is 0 Å². The van der Waals surface area contributed by atoms with Crippen LogP contribution in [0.25, 0.3) is 0 Å². The molecule has 0 fully saturated rings. The van der Waals surface area contributed by atoms with Gasteiger partial charge >= 0.3 is 0 Å². The van der Waals surface area contributed by atoms with Gasteiger partial charge in [0.2, 0.25) is 11.5 Å². The van der Waals surface area contributed by atoms with E-state index in [-0.39, 0.29) is 11.5 Å². The van der Waals surface area contributed by atoms with Crippen molar-refractivity contribution in [3.8, 4) is 11.5 Å². The molecule has 0 atom stereocenters. The molecule has 4 N–H and O–H groups in total. The summed E-state index contributed by atoms with van der Waals surface area (Å²) in [5.41, 5.74) is 0.955. The number of rotatable bonds is 4. The van der Waals surface area contributed by atoms with Gasteiger partial charge in [0.25, 0.3) is 0 Å². The molecule has 0 aliphatic rings. The lowest BCUT2D eigenvalue weighted by Gasteiger charge is -2.06. The molecule has 6 heteroatoms. The first kappa shape index (κ1) is 9.75. The molecule has 1 aromatic rings. The zero-order chi connectivity index (χ0) is 9.68. The summed E-state index contributed by atoms with van der Waals surface area (Å²) in [7, 11) is 0. The quantitative estimate of drug-likeness (QED) is 0.521. The Hall–Kier alpha value is -1.34. The summed E-state index contributed by atoms with van der Waals surface area (Å²) in [6.07, 6.45) is 0. The van der Waals surface area contributed by atoms with Crippen molar-refractivity contribution in [2.24, 2.45) is 11.8 Å². The van der Waals surface area contributed by atoms with Gasteiger partial charge in [-0.3, -0.25) is 0 Å². The van der Waals surface area contributed by atoms with Gasteiger partial charge in [-0.1, -0.05) is 16.0 Å². The van der Waals surface area contributed by atoms with Crippen molar-refractivity contribution in [3.63, 3.8) is 0 Å². The van der Waals surface area contributed by atoms with Crippen molar-refractivity contribution >= 4 is 0 Å². The van der Waals surface area contributed by atoms with Crippen molar-refractivity contribution in [2.45, 2.75) is 6.92 Å². The molecule has 1 aromatic carbocycles. The van der Waals surface area contributed by atoms with Crippen LogP contribution in [0.2, 0.25) is 0 Å². The largest absolute Gasteiger partial charge is 0.315 e. The van der Waals surface area contributed by atoms with Crippen LogP contribution in [0.4, 0.5) is 0 Å². The Morgan fingerprint density at radius 1 is 1.00 bits per heavy atom. The molecular formula is C7H10N2O4. The van der Waals surface area contributed by atoms with Crippen LogP contribution in [-0.2, 0) is 9.98 Å². The molecule has 0 saturated heterocycles. The average Bonchev–Trinajstić information content (AvgIpc) is 2.10. The highest BCUT2D eigenvalue weighted by atomic mass is 17.3. The Balaban J connectivity index is 2.89. The van der Waals surface area contributed by atoms with E-state index in [1.54, 1.807) is 18.2 Å². The minimum absolute atomic E-state index is 0.276. The van der Waals surface area contributed by atoms with Gasteiger partial charge in [-0.25, -0.2) is 0 Å². The summed E-state index contributed by atoms with van der Waals surface area (Å²) < 4.78 is 0. The molecular weight excluding hydrogens is 176 g/mol. The molecule has 0 unspecified atom stereocenters. The van der Waals surface area contributed by atoms with E-state index in [0.29, 0.717) is 0 Å². The lowest BCUT2D eigenvalue weighted by atomic mass is 10.2. The van der Waals surface area contributed by atoms with Crippen LogP contribution < -0.4 is 21.6 Å². The Bertz CT molecular complexity index is 279. The molecule has 0 heterocycles. The lowest BCUT2D eigenvalue weighted by molar-refractivity contribution is -0.233. The van der Waals surface area contributed by atoms with E-state index < -0.39 is 0 Å². The van der Waals surface area contributed by atoms with E-state index in [1.165, 1.54) is 0 Å². The van der Waals surface area contributed by atoms with Crippen molar-refractivity contribution < 1.29 is 19.8 Å². The van der Waals surface area contributed by atoms with Crippen molar-refractivity contribution in [3.05, 3.63) is 23.8 Å². The molecule has 0 amide bonds. The second-order valence-electron chi connectivity index (χ2n) is 2.31. The molecule has 0 aromatic heterocycles. The van der Waals surface area contributed by atoms with Gasteiger partial charge in [0, 0.05) is 0 Å². The van der Waals surface area contributed by atoms with Gasteiger partial charge in [0.1, 0.15) is 0 Å². The van der Waals surface area contributed by atoms with Crippen LogP contribution in [-0.4, -0.2) is 0 Å². The smallest absolute Gasteiger partial charge is 0.213 e. The summed E-state index contributed by atoms with van der Waals surface area (Å²) in [6, 6.07) is 5.05. The number of nitrogens with two attached hydrogens (primary N) is 2. The van der Waals surface area contributed by atoms with Crippen LogP contribution in [0.5, 0.6) is 11.5 Å². The summed E-state index contributed by atoms with van der Waals surface area (Å²) in [5, 5.41) is 0. The maximum absolute atomic E-state index is 4.73. The third-order valence-corrected chi connectivity index (χ3v) is 1.37. The molecule has 0 saturated carbocycles. The molecule has 1 rings (SSSR count). The predicted octanol–water partition coefficient (Wildman–Crippen LogP) is 0.363. The first-order valence-corrected chi connectivity index (χ1v) is 3.45. The number of hydrogen-bond donors (Lipinski definition) is 2. The number of hydrogen-bond acceptors (Lipinski definition) is 6. The number of aryl methyl sites for hydroxylation is 1. The highest BCUT2D eigenvalue weighted by molar-refractivity contribution is 5.41. The van der Waals surface area contributed by atoms with E-state index in [0.717, 1.165) is 5.56 Å². The lowest BCUT2D eigenvalue weighted by Crippen LogP contribution is -2.08. The van der Waals surface area contributed by atoms with Crippen LogP contribution in [0.3, 0.4) is 0 Å². The van der Waals surface area contributed by atoms with Crippen LogP contribution in [0.1, 0.15) is 5.56 Å². The zero-order valence-corrected chi connectivity index (χ0v) is 7.02. The first-order chi connectivity index (χ1) is 6.27. The third kappa shape index (κ3) is 2.56. The monoisotopic (exact) mass is 186 g/mol. The highest BCUT2D eigenvalue weighted by Crippen LogP contribution is 2.27. The third-order valence-electron chi connectivity index (χ3n) is 1.37. The van der Waals surface area contributed by atoms with Crippen LogP contribution >= 0.6 is 0 Å². The normalized spacial score (nSPS) is 9.77. The maximum Gasteiger partial charge on any atom is 0.213 e. The summed E-state index contributed by atoms with van der Waals surface area (Å²) in [4.78, 5) is 17.1. The Morgan fingerprint density at radius 2 is 1.62 bits per heavy atom. The minimum atomic E-state index is 0.276. The van der Waals surface area contributed by atoms with Crippen molar-refractivity contribution in [1.82, 2.24) is 0 Å². The fraction of sp³-hybridized carbons (Fsp3) is 0.143. The van der Waals surface area contributed by atoms with E-state index in [4.69, 9.17) is 11.8 Å². The fourth-order valence-electron chi connectivity index (χ4n) is 0.853. The Labute approximate surface area is 74.7 Å². The van der Waals surface area contributed by atoms with Crippen LogP contribution in [0, 0.1) is 6.92 Å². The highest BCUT2D eigenvalue weighted by Gasteiger charge is 2.07. The van der Waals surface area contributed by atoms with Crippen molar-refractivity contribution in [1.29, 1.82) is 0 Å². The first-order valence-electron chi connectivity index (χ1n) is 3.45. The minimum Gasteiger partial charge on any atom is -0.315 e. The Morgan fingerprint density at radius 3 is 2.23 bits per heavy atom. The molecule has 0 aliphatic heterocycles. The van der Waals surface area contributed by atoms with E-state index >= 15 is 0 Å². The SMILES string of the molecule is Cc1ccc(OON)c(OON)c1. The van der Waals surface area contributed by atoms with E-state index in [2.05, 4.69) is 19.8 Å². The second kappa shape index (κ2) is 4.63. The molecule has 0 aliphatic carbocycles. The predicted molar refractivity (Wildman–Crippen MR) is 43.0 cm³/mol. The number of benzene rings is 1. The molecule has 72 valence electrons. The summed E-state index contributed by atoms with van der Waals surface area (Å²) in [6.45, 7) is 1.87. The van der Waals surface area contributed by atoms with Crippen LogP contribution in [0.15, 0.2) is 18.2 Å². The topological polar surface area (TPSA) is 89.0 Å². The average molecular weight is 186 g/mol. The fourth-order valence-corrected chi connectivity index (χ4v) is 0.853. The summed E-state index contributed by atoms with van der Waals surface area (Å²) in [5.74, 6) is 10.0. The molecule has 13 heavy (non-hydrogen) atoms. The van der Waals surface area contributed by atoms with E-state index in [9.17, 15) is 0 Å². The van der Waals surface area contributed by atoms with Gasteiger partial charge < -0.3 is 9.78 Å². The molecule has 0 radical (unpaired) electrons. The Kier molecular flexibility index (Phi) is 3.47. The van der Waals surface area contributed by atoms with Gasteiger partial charge in [0.15, 0.2) is 0 Å². The second-order valence-corrected chi connectivity index (χ2v) is 2.31. The van der Waals surface area contributed by atoms with E-state index in [1.807, 2.05) is 6.92 Å². The molecule has 0 bridgehead atoms. The molecule has 6 nitrogen and oxygen atoms in total. The van der Waals surface area contributed by atoms with Gasteiger partial charge in [-0.15, -0.1) is 0 Å². The van der Waals surface area contributed by atoms with Gasteiger partial charge in [0.05, 0.1) is 0 Å². The maximum atomic E-state index is 4.73. The zero-order valence-electron chi connectivity index (χ0n) is 7.02. The molecule has 0 spiro atoms. The van der Waals surface area contributed by atoms with Gasteiger partial charge in [-0.2, -0.15) is 11.8 Å². The van der Waals surface area contributed by atoms with Gasteiger partial charge in [-0.05, 0) is 24.6 Å². The summed E-state index contributed by atoms with van der Waals surface area (Å²) >= 11 is 0. The standard InChI is InChI=1S/C7H10N2O4/c1-5-2-3-6(10-12-8)7(4-5)11-13-9/h2-4H,8-9H2,1H3.